The first kappa shape index (κ1) is 24.6. The molecule has 0 aliphatic rings. The summed E-state index contributed by atoms with van der Waals surface area (Å²) in [4.78, 5) is 23.8. The van der Waals surface area contributed by atoms with Crippen LogP contribution in [0.25, 0.3) is 11.1 Å². The topological polar surface area (TPSA) is 77.8 Å². The molecule has 0 unspecified atom stereocenters. The first-order valence-electron chi connectivity index (χ1n) is 11.7. The largest absolute Gasteiger partial charge is 0.480 e. The van der Waals surface area contributed by atoms with E-state index < -0.39 is 11.9 Å². The SMILES string of the molecule is O=C(O)CN(CC(=O)O)Cc1ccc(C(=C(c2ccccc2)c2ccccc2)c2ccccc2)cc1. The van der Waals surface area contributed by atoms with E-state index in [0.29, 0.717) is 0 Å². The van der Waals surface area contributed by atoms with Gasteiger partial charge in [-0.25, -0.2) is 0 Å². The Hall–Kier alpha value is -4.48. The Morgan fingerprint density at radius 3 is 1.17 bits per heavy atom. The van der Waals surface area contributed by atoms with Crippen molar-refractivity contribution in [2.75, 3.05) is 13.1 Å². The molecule has 0 aliphatic heterocycles. The van der Waals surface area contributed by atoms with Crippen molar-refractivity contribution >= 4 is 23.1 Å². The second-order valence-corrected chi connectivity index (χ2v) is 8.48. The zero-order valence-corrected chi connectivity index (χ0v) is 19.7. The first-order chi connectivity index (χ1) is 17.5. The number of hydrogen-bond donors (Lipinski definition) is 2. The van der Waals surface area contributed by atoms with Crippen molar-refractivity contribution in [1.82, 2.24) is 4.90 Å². The molecule has 0 fully saturated rings. The van der Waals surface area contributed by atoms with Crippen LogP contribution in [0.2, 0.25) is 0 Å². The van der Waals surface area contributed by atoms with E-state index in [0.717, 1.165) is 39.0 Å². The van der Waals surface area contributed by atoms with Crippen molar-refractivity contribution in [2.24, 2.45) is 0 Å². The quantitative estimate of drug-likeness (QED) is 0.288. The summed E-state index contributed by atoms with van der Waals surface area (Å²) in [6.07, 6.45) is 0. The van der Waals surface area contributed by atoms with Gasteiger partial charge in [0.15, 0.2) is 0 Å². The van der Waals surface area contributed by atoms with Gasteiger partial charge in [0, 0.05) is 6.54 Å². The van der Waals surface area contributed by atoms with Gasteiger partial charge in [0.25, 0.3) is 0 Å². The van der Waals surface area contributed by atoms with Gasteiger partial charge in [0.2, 0.25) is 0 Å². The van der Waals surface area contributed by atoms with E-state index >= 15 is 0 Å². The molecule has 0 spiro atoms. The van der Waals surface area contributed by atoms with Crippen LogP contribution < -0.4 is 0 Å². The number of rotatable bonds is 10. The van der Waals surface area contributed by atoms with E-state index in [-0.39, 0.29) is 19.6 Å². The van der Waals surface area contributed by atoms with Gasteiger partial charge < -0.3 is 10.2 Å². The van der Waals surface area contributed by atoms with Gasteiger partial charge in [-0.15, -0.1) is 0 Å². The number of carbonyl (C=O) groups is 2. The molecule has 5 heteroatoms. The number of carboxylic acids is 2. The van der Waals surface area contributed by atoms with Crippen molar-refractivity contribution < 1.29 is 19.8 Å². The average molecular weight is 478 g/mol. The minimum Gasteiger partial charge on any atom is -0.480 e. The molecule has 36 heavy (non-hydrogen) atoms. The second kappa shape index (κ2) is 11.8. The van der Waals surface area contributed by atoms with Gasteiger partial charge in [0.05, 0.1) is 13.1 Å². The van der Waals surface area contributed by atoms with Crippen LogP contribution in [0, 0.1) is 0 Å². The van der Waals surface area contributed by atoms with Crippen molar-refractivity contribution in [3.63, 3.8) is 0 Å². The molecule has 0 atom stereocenters. The summed E-state index contributed by atoms with van der Waals surface area (Å²) in [5.74, 6) is -2.12. The van der Waals surface area contributed by atoms with E-state index in [4.69, 9.17) is 10.2 Å². The van der Waals surface area contributed by atoms with Crippen molar-refractivity contribution in [3.8, 4) is 0 Å². The fourth-order valence-electron chi connectivity index (χ4n) is 4.31. The lowest BCUT2D eigenvalue weighted by molar-refractivity contribution is -0.142. The van der Waals surface area contributed by atoms with Gasteiger partial charge in [-0.3, -0.25) is 14.5 Å². The van der Waals surface area contributed by atoms with Crippen LogP contribution in [0.1, 0.15) is 27.8 Å². The van der Waals surface area contributed by atoms with Gasteiger partial charge in [0.1, 0.15) is 0 Å². The zero-order chi connectivity index (χ0) is 25.3. The minimum atomic E-state index is -1.06. The normalized spacial score (nSPS) is 10.7. The van der Waals surface area contributed by atoms with Crippen LogP contribution in [0.5, 0.6) is 0 Å². The number of aliphatic carboxylic acids is 2. The van der Waals surface area contributed by atoms with E-state index in [1.165, 1.54) is 4.90 Å². The highest BCUT2D eigenvalue weighted by Crippen LogP contribution is 2.36. The molecule has 0 heterocycles. The van der Waals surface area contributed by atoms with E-state index in [9.17, 15) is 9.59 Å². The summed E-state index contributed by atoms with van der Waals surface area (Å²) in [5, 5.41) is 18.3. The van der Waals surface area contributed by atoms with Gasteiger partial charge in [-0.2, -0.15) is 0 Å². The second-order valence-electron chi connectivity index (χ2n) is 8.48. The number of carboxylic acid groups (broad SMARTS) is 2. The predicted octanol–water partition coefficient (Wildman–Crippen LogP) is 5.67. The fraction of sp³-hybridized carbons (Fsp3) is 0.0968. The average Bonchev–Trinajstić information content (AvgIpc) is 2.88. The Morgan fingerprint density at radius 1 is 0.500 bits per heavy atom. The molecule has 0 saturated carbocycles. The van der Waals surface area contributed by atoms with Gasteiger partial charge in [-0.05, 0) is 39.0 Å². The predicted molar refractivity (Wildman–Crippen MR) is 141 cm³/mol. The van der Waals surface area contributed by atoms with E-state index in [1.54, 1.807) is 0 Å². The van der Waals surface area contributed by atoms with Gasteiger partial charge >= 0.3 is 11.9 Å². The summed E-state index contributed by atoms with van der Waals surface area (Å²) < 4.78 is 0. The highest BCUT2D eigenvalue weighted by Gasteiger charge is 2.17. The summed E-state index contributed by atoms with van der Waals surface area (Å²) in [7, 11) is 0. The third-order valence-corrected chi connectivity index (χ3v) is 5.80. The summed E-state index contributed by atoms with van der Waals surface area (Å²) in [6, 6.07) is 38.7. The van der Waals surface area contributed by atoms with Crippen LogP contribution in [-0.2, 0) is 16.1 Å². The third kappa shape index (κ3) is 6.34. The van der Waals surface area contributed by atoms with Crippen LogP contribution in [0.15, 0.2) is 115 Å². The minimum absolute atomic E-state index is 0.230. The number of benzene rings is 4. The first-order valence-corrected chi connectivity index (χ1v) is 11.7. The van der Waals surface area contributed by atoms with E-state index in [2.05, 4.69) is 36.4 Å². The summed E-state index contributed by atoms with van der Waals surface area (Å²) in [6.45, 7) is -0.446. The molecule has 0 radical (unpaired) electrons. The molecule has 5 nitrogen and oxygen atoms in total. The van der Waals surface area contributed by atoms with Crippen LogP contribution in [0.4, 0.5) is 0 Å². The highest BCUT2D eigenvalue weighted by molar-refractivity contribution is 6.04. The lowest BCUT2D eigenvalue weighted by Gasteiger charge is -2.20. The van der Waals surface area contributed by atoms with E-state index in [1.807, 2.05) is 78.9 Å². The maximum Gasteiger partial charge on any atom is 0.317 e. The zero-order valence-electron chi connectivity index (χ0n) is 19.7. The molecule has 4 aromatic carbocycles. The standard InChI is InChI=1S/C31H27NO4/c33-28(34)21-32(22-29(35)36)20-23-16-18-27(19-17-23)31(26-14-8-3-9-15-26)30(24-10-4-1-5-11-24)25-12-6-2-7-13-25/h1-19H,20-22H2,(H,33,34)(H,35,36). The van der Waals surface area contributed by atoms with Crippen molar-refractivity contribution in [2.45, 2.75) is 6.54 Å². The van der Waals surface area contributed by atoms with Gasteiger partial charge in [-0.1, -0.05) is 115 Å². The van der Waals surface area contributed by atoms with Crippen LogP contribution in [0.3, 0.4) is 0 Å². The number of hydrogen-bond acceptors (Lipinski definition) is 3. The van der Waals surface area contributed by atoms with Crippen LogP contribution in [-0.4, -0.2) is 40.1 Å². The maximum atomic E-state index is 11.2. The van der Waals surface area contributed by atoms with Crippen molar-refractivity contribution in [1.29, 1.82) is 0 Å². The molecule has 0 saturated heterocycles. The smallest absolute Gasteiger partial charge is 0.317 e. The molecule has 0 bridgehead atoms. The highest BCUT2D eigenvalue weighted by atomic mass is 16.4. The molecule has 0 aliphatic carbocycles. The monoisotopic (exact) mass is 477 g/mol. The Kier molecular flexibility index (Phi) is 8.06. The van der Waals surface area contributed by atoms with Crippen molar-refractivity contribution in [3.05, 3.63) is 143 Å². The Labute approximate surface area is 210 Å². The molecule has 4 rings (SSSR count). The Balaban J connectivity index is 1.82. The molecular weight excluding hydrogens is 450 g/mol. The molecule has 4 aromatic rings. The lowest BCUT2D eigenvalue weighted by Crippen LogP contribution is -2.33. The Morgan fingerprint density at radius 2 is 0.833 bits per heavy atom. The third-order valence-electron chi connectivity index (χ3n) is 5.80. The summed E-state index contributed by atoms with van der Waals surface area (Å²) in [5.41, 5.74) is 7.30. The molecule has 2 N–H and O–H groups in total. The maximum absolute atomic E-state index is 11.2. The molecule has 0 amide bonds. The lowest BCUT2D eigenvalue weighted by atomic mass is 9.85. The fourth-order valence-corrected chi connectivity index (χ4v) is 4.31. The summed E-state index contributed by atoms with van der Waals surface area (Å²) >= 11 is 0. The molecule has 180 valence electrons. The molecular formula is C31H27NO4. The molecule has 0 aromatic heterocycles. The Bertz CT molecular complexity index is 1270. The number of nitrogens with zero attached hydrogens (tertiary/aromatic N) is 1. The van der Waals surface area contributed by atoms with Crippen LogP contribution >= 0.6 is 0 Å².